The average Bonchev–Trinajstić information content (AvgIpc) is 3.16. The maximum absolute atomic E-state index is 14.1. The van der Waals surface area contributed by atoms with Crippen molar-refractivity contribution in [3.63, 3.8) is 0 Å². The smallest absolute Gasteiger partial charge is 0.353 e. The number of nitrogens with one attached hydrogen (secondary N) is 2. The number of amidine groups is 1. The van der Waals surface area contributed by atoms with Crippen molar-refractivity contribution >= 4 is 41.0 Å². The minimum atomic E-state index is -1.58. The fourth-order valence-electron chi connectivity index (χ4n) is 2.73. The van der Waals surface area contributed by atoms with Gasteiger partial charge in [0.25, 0.3) is 0 Å². The van der Waals surface area contributed by atoms with Crippen LogP contribution in [0.4, 0.5) is 4.39 Å². The van der Waals surface area contributed by atoms with E-state index in [0.29, 0.717) is 4.88 Å². The standard InChI is InChI=1S/C21H22FN3O7S/c1-21(2,20(31)25-13(18(28)29)8-16(26)27)9-11-4-6-15(33-11)19(30)32-14-5-3-10(17(23)24)7-12(14)22/h3-7,13H,8-9H2,1-2H3,(H3,23,24)(H,25,31)(H,26,27)(H,28,29). The molecule has 0 aliphatic carbocycles. The van der Waals surface area contributed by atoms with Crippen molar-refractivity contribution in [1.29, 1.82) is 5.41 Å². The predicted molar refractivity (Wildman–Crippen MR) is 116 cm³/mol. The average molecular weight is 479 g/mol. The number of aliphatic carboxylic acids is 2. The summed E-state index contributed by atoms with van der Waals surface area (Å²) in [5.74, 6) is -5.85. The predicted octanol–water partition coefficient (Wildman–Crippen LogP) is 2.00. The maximum atomic E-state index is 14.1. The third kappa shape index (κ3) is 6.84. The summed E-state index contributed by atoms with van der Waals surface area (Å²) in [6, 6.07) is 4.94. The lowest BCUT2D eigenvalue weighted by molar-refractivity contribution is -0.148. The van der Waals surface area contributed by atoms with Gasteiger partial charge in [-0.15, -0.1) is 11.3 Å². The van der Waals surface area contributed by atoms with Gasteiger partial charge in [0, 0.05) is 15.9 Å². The zero-order chi connectivity index (χ0) is 24.9. The number of hydrogen-bond donors (Lipinski definition) is 5. The van der Waals surface area contributed by atoms with Crippen LogP contribution >= 0.6 is 11.3 Å². The molecular weight excluding hydrogens is 457 g/mol. The Morgan fingerprint density at radius 1 is 1.21 bits per heavy atom. The van der Waals surface area contributed by atoms with Gasteiger partial charge in [-0.1, -0.05) is 13.8 Å². The van der Waals surface area contributed by atoms with E-state index in [1.165, 1.54) is 18.2 Å². The molecule has 0 spiro atoms. The van der Waals surface area contributed by atoms with E-state index < -0.39 is 47.5 Å². The number of amides is 1. The van der Waals surface area contributed by atoms with Gasteiger partial charge in [-0.3, -0.25) is 15.0 Å². The van der Waals surface area contributed by atoms with Crippen molar-refractivity contribution in [3.8, 4) is 5.75 Å². The molecule has 2 rings (SSSR count). The summed E-state index contributed by atoms with van der Waals surface area (Å²) in [4.78, 5) is 47.7. The molecule has 0 aliphatic rings. The van der Waals surface area contributed by atoms with Crippen LogP contribution in [0.2, 0.25) is 0 Å². The normalized spacial score (nSPS) is 12.0. The van der Waals surface area contributed by atoms with Gasteiger partial charge in [-0.25, -0.2) is 14.0 Å². The Labute approximate surface area is 191 Å². The molecule has 1 aromatic carbocycles. The molecule has 1 atom stereocenters. The highest BCUT2D eigenvalue weighted by Gasteiger charge is 2.33. The molecule has 0 saturated carbocycles. The van der Waals surface area contributed by atoms with Crippen molar-refractivity contribution < 1.29 is 38.5 Å². The number of halogens is 1. The van der Waals surface area contributed by atoms with Crippen LogP contribution in [0.15, 0.2) is 30.3 Å². The van der Waals surface area contributed by atoms with Crippen LogP contribution in [-0.4, -0.2) is 45.9 Å². The van der Waals surface area contributed by atoms with Gasteiger partial charge in [-0.2, -0.15) is 0 Å². The maximum Gasteiger partial charge on any atom is 0.353 e. The Morgan fingerprint density at radius 2 is 1.88 bits per heavy atom. The summed E-state index contributed by atoms with van der Waals surface area (Å²) in [6.45, 7) is 3.09. The summed E-state index contributed by atoms with van der Waals surface area (Å²) in [6.07, 6.45) is -0.645. The molecule has 6 N–H and O–H groups in total. The third-order valence-electron chi connectivity index (χ3n) is 4.52. The Morgan fingerprint density at radius 3 is 2.42 bits per heavy atom. The zero-order valence-corrected chi connectivity index (χ0v) is 18.5. The lowest BCUT2D eigenvalue weighted by atomic mass is 9.87. The second-order valence-corrected chi connectivity index (χ2v) is 8.91. The van der Waals surface area contributed by atoms with E-state index in [-0.39, 0.29) is 28.4 Å². The Hall–Kier alpha value is -3.80. The van der Waals surface area contributed by atoms with Crippen LogP contribution in [-0.2, 0) is 20.8 Å². The van der Waals surface area contributed by atoms with Crippen molar-refractivity contribution in [2.24, 2.45) is 11.1 Å². The number of ether oxygens (including phenoxy) is 1. The van der Waals surface area contributed by atoms with Crippen LogP contribution < -0.4 is 15.8 Å². The number of carbonyl (C=O) groups excluding carboxylic acids is 2. The van der Waals surface area contributed by atoms with Crippen molar-refractivity contribution in [3.05, 3.63) is 51.5 Å². The number of benzene rings is 1. The first-order chi connectivity index (χ1) is 15.3. The number of rotatable bonds is 10. The van der Waals surface area contributed by atoms with Crippen LogP contribution in [0, 0.1) is 16.6 Å². The number of hydrogen-bond acceptors (Lipinski definition) is 7. The van der Waals surface area contributed by atoms with E-state index in [1.807, 2.05) is 0 Å². The first kappa shape index (κ1) is 25.5. The number of carboxylic acid groups (broad SMARTS) is 2. The van der Waals surface area contributed by atoms with Gasteiger partial charge >= 0.3 is 17.9 Å². The largest absolute Gasteiger partial charge is 0.481 e. The molecule has 1 aromatic heterocycles. The Bertz CT molecular complexity index is 1110. The van der Waals surface area contributed by atoms with Gasteiger partial charge in [0.1, 0.15) is 16.8 Å². The molecule has 0 fully saturated rings. The minimum Gasteiger partial charge on any atom is -0.481 e. The molecule has 0 saturated heterocycles. The fourth-order valence-corrected chi connectivity index (χ4v) is 3.84. The second kappa shape index (κ2) is 10.2. The molecule has 33 heavy (non-hydrogen) atoms. The van der Waals surface area contributed by atoms with Crippen LogP contribution in [0.25, 0.3) is 0 Å². The minimum absolute atomic E-state index is 0.123. The number of nitrogens with two attached hydrogens (primary N) is 1. The summed E-state index contributed by atoms with van der Waals surface area (Å²) < 4.78 is 19.2. The Balaban J connectivity index is 2.07. The zero-order valence-electron chi connectivity index (χ0n) is 17.7. The highest BCUT2D eigenvalue weighted by Crippen LogP contribution is 2.28. The van der Waals surface area contributed by atoms with Crippen molar-refractivity contribution in [1.82, 2.24) is 5.32 Å². The SMILES string of the molecule is CC(C)(Cc1ccc(C(=O)Oc2ccc(C(=N)N)cc2F)s1)C(=O)NC(CC(=O)O)C(=O)O. The fraction of sp³-hybridized carbons (Fsp3) is 0.286. The summed E-state index contributed by atoms with van der Waals surface area (Å²) in [5.41, 5.74) is 4.31. The molecule has 0 bridgehead atoms. The first-order valence-corrected chi connectivity index (χ1v) is 10.3. The molecule has 1 amide bonds. The molecule has 176 valence electrons. The number of nitrogen functional groups attached to an aromatic ring is 1. The summed E-state index contributed by atoms with van der Waals surface area (Å²) in [7, 11) is 0. The van der Waals surface area contributed by atoms with E-state index in [9.17, 15) is 23.6 Å². The molecule has 12 heteroatoms. The molecular formula is C21H22FN3O7S. The van der Waals surface area contributed by atoms with Gasteiger partial charge in [0.15, 0.2) is 11.6 Å². The molecule has 0 radical (unpaired) electrons. The monoisotopic (exact) mass is 479 g/mol. The number of carboxylic acids is 2. The van der Waals surface area contributed by atoms with Crippen molar-refractivity contribution in [2.75, 3.05) is 0 Å². The molecule has 0 aliphatic heterocycles. The second-order valence-electron chi connectivity index (χ2n) is 7.74. The lowest BCUT2D eigenvalue weighted by Gasteiger charge is -2.25. The third-order valence-corrected chi connectivity index (χ3v) is 5.59. The quantitative estimate of drug-likeness (QED) is 0.148. The first-order valence-electron chi connectivity index (χ1n) is 9.50. The number of thiophene rings is 1. The van der Waals surface area contributed by atoms with Crippen molar-refractivity contribution in [2.45, 2.75) is 32.7 Å². The van der Waals surface area contributed by atoms with Crippen LogP contribution in [0.1, 0.15) is 40.4 Å². The molecule has 10 nitrogen and oxygen atoms in total. The number of esters is 1. The van der Waals surface area contributed by atoms with Crippen LogP contribution in [0.3, 0.4) is 0 Å². The highest BCUT2D eigenvalue weighted by atomic mass is 32.1. The van der Waals surface area contributed by atoms with Gasteiger partial charge in [0.05, 0.1) is 6.42 Å². The summed E-state index contributed by atoms with van der Waals surface area (Å²) >= 11 is 1.01. The van der Waals surface area contributed by atoms with E-state index in [0.717, 1.165) is 17.4 Å². The van der Waals surface area contributed by atoms with Crippen LogP contribution in [0.5, 0.6) is 5.75 Å². The van der Waals surface area contributed by atoms with Gasteiger partial charge in [0.2, 0.25) is 5.91 Å². The topological polar surface area (TPSA) is 180 Å². The van der Waals surface area contributed by atoms with E-state index in [1.54, 1.807) is 19.9 Å². The van der Waals surface area contributed by atoms with E-state index in [4.69, 9.17) is 26.1 Å². The van der Waals surface area contributed by atoms with Gasteiger partial charge < -0.3 is 26.0 Å². The summed E-state index contributed by atoms with van der Waals surface area (Å²) in [5, 5.41) is 27.4. The van der Waals surface area contributed by atoms with E-state index >= 15 is 0 Å². The highest BCUT2D eigenvalue weighted by molar-refractivity contribution is 7.14. The molecule has 2 aromatic rings. The van der Waals surface area contributed by atoms with E-state index in [2.05, 4.69) is 5.32 Å². The molecule has 1 heterocycles. The molecule has 1 unspecified atom stereocenters. The number of carbonyl (C=O) groups is 4. The Kier molecular flexibility index (Phi) is 7.88. The van der Waals surface area contributed by atoms with Gasteiger partial charge in [-0.05, 0) is 36.8 Å². The lowest BCUT2D eigenvalue weighted by Crippen LogP contribution is -2.48.